The van der Waals surface area contributed by atoms with Gasteiger partial charge in [-0.15, -0.1) is 0 Å². The maximum absolute atomic E-state index is 13.1. The van der Waals surface area contributed by atoms with E-state index < -0.39 is 16.9 Å². The summed E-state index contributed by atoms with van der Waals surface area (Å²) >= 11 is 12.0. The third-order valence-electron chi connectivity index (χ3n) is 4.47. The number of nitrogens with one attached hydrogen (secondary N) is 1. The largest absolute Gasteiger partial charge is 0.352 e. The number of hydrogen-bond donors (Lipinski definition) is 1. The fourth-order valence-electron chi connectivity index (χ4n) is 2.93. The van der Waals surface area contributed by atoms with Crippen LogP contribution in [0.4, 0.5) is 5.69 Å². The van der Waals surface area contributed by atoms with E-state index in [0.717, 1.165) is 0 Å². The van der Waals surface area contributed by atoms with Crippen LogP contribution in [0.25, 0.3) is 0 Å². The van der Waals surface area contributed by atoms with E-state index in [0.29, 0.717) is 15.6 Å². The molecule has 7 nitrogen and oxygen atoms in total. The topological polar surface area (TPSA) is 92.6 Å². The Morgan fingerprint density at radius 1 is 1.10 bits per heavy atom. The summed E-state index contributed by atoms with van der Waals surface area (Å²) in [5.41, 5.74) is 0.826. The Bertz CT molecular complexity index is 950. The zero-order valence-electron chi connectivity index (χ0n) is 16.9. The highest BCUT2D eigenvalue weighted by atomic mass is 35.5. The highest BCUT2D eigenvalue weighted by molar-refractivity contribution is 6.42. The molecule has 0 aliphatic rings. The first kappa shape index (κ1) is 23.6. The molecule has 1 N–H and O–H groups in total. The van der Waals surface area contributed by atoms with Crippen LogP contribution in [0.15, 0.2) is 42.5 Å². The van der Waals surface area contributed by atoms with Crippen LogP contribution < -0.4 is 5.32 Å². The monoisotopic (exact) mass is 451 g/mol. The number of para-hydroxylation sites is 1. The van der Waals surface area contributed by atoms with E-state index in [1.165, 1.54) is 23.1 Å². The Balaban J connectivity index is 2.34. The van der Waals surface area contributed by atoms with Gasteiger partial charge in [0.1, 0.15) is 6.04 Å². The number of amides is 2. The maximum atomic E-state index is 13.1. The van der Waals surface area contributed by atoms with Gasteiger partial charge in [-0.1, -0.05) is 47.5 Å². The Morgan fingerprint density at radius 2 is 1.77 bits per heavy atom. The van der Waals surface area contributed by atoms with Crippen molar-refractivity contribution in [2.45, 2.75) is 45.8 Å². The SMILES string of the molecule is CC(C)NC(=O)[C@@H](C)N(Cc1ccc(Cl)c(Cl)c1)C(=O)Cc1ccccc1[N+](=O)[O-]. The molecule has 2 amide bonds. The summed E-state index contributed by atoms with van der Waals surface area (Å²) in [7, 11) is 0. The van der Waals surface area contributed by atoms with Gasteiger partial charge in [-0.05, 0) is 38.5 Å². The number of nitro groups is 1. The molecule has 0 spiro atoms. The van der Waals surface area contributed by atoms with Gasteiger partial charge in [-0.2, -0.15) is 0 Å². The molecular weight excluding hydrogens is 429 g/mol. The molecule has 0 radical (unpaired) electrons. The minimum Gasteiger partial charge on any atom is -0.352 e. The van der Waals surface area contributed by atoms with Gasteiger partial charge in [0.25, 0.3) is 5.69 Å². The second kappa shape index (κ2) is 10.4. The lowest BCUT2D eigenvalue weighted by atomic mass is 10.1. The predicted octanol–water partition coefficient (Wildman–Crippen LogP) is 4.39. The van der Waals surface area contributed by atoms with Gasteiger partial charge < -0.3 is 10.2 Å². The molecule has 2 aromatic rings. The quantitative estimate of drug-likeness (QED) is 0.475. The smallest absolute Gasteiger partial charge is 0.273 e. The number of nitro benzene ring substituents is 1. The molecule has 2 aromatic carbocycles. The van der Waals surface area contributed by atoms with Gasteiger partial charge in [-0.3, -0.25) is 19.7 Å². The van der Waals surface area contributed by atoms with Crippen molar-refractivity contribution in [3.8, 4) is 0 Å². The van der Waals surface area contributed by atoms with Crippen LogP contribution in [0.1, 0.15) is 31.9 Å². The number of rotatable bonds is 8. The van der Waals surface area contributed by atoms with Gasteiger partial charge in [0, 0.05) is 24.2 Å². The van der Waals surface area contributed by atoms with Crippen molar-refractivity contribution in [1.29, 1.82) is 0 Å². The third kappa shape index (κ3) is 6.18. The summed E-state index contributed by atoms with van der Waals surface area (Å²) in [6.45, 7) is 5.36. The van der Waals surface area contributed by atoms with Gasteiger partial charge in [0.2, 0.25) is 11.8 Å². The minimum absolute atomic E-state index is 0.0999. The van der Waals surface area contributed by atoms with E-state index in [1.807, 2.05) is 13.8 Å². The fraction of sp³-hybridized carbons (Fsp3) is 0.333. The Hall–Kier alpha value is -2.64. The van der Waals surface area contributed by atoms with E-state index >= 15 is 0 Å². The molecule has 0 bridgehead atoms. The number of nitrogens with zero attached hydrogens (tertiary/aromatic N) is 2. The molecule has 0 saturated carbocycles. The molecular formula is C21H23Cl2N3O4. The summed E-state index contributed by atoms with van der Waals surface area (Å²) in [6, 6.07) is 10.1. The lowest BCUT2D eigenvalue weighted by Gasteiger charge is -2.29. The average Bonchev–Trinajstić information content (AvgIpc) is 2.67. The van der Waals surface area contributed by atoms with E-state index in [1.54, 1.807) is 31.2 Å². The second-order valence-electron chi connectivity index (χ2n) is 7.17. The lowest BCUT2D eigenvalue weighted by molar-refractivity contribution is -0.385. The number of hydrogen-bond acceptors (Lipinski definition) is 4. The van der Waals surface area contributed by atoms with E-state index in [2.05, 4.69) is 5.32 Å². The molecule has 0 aromatic heterocycles. The van der Waals surface area contributed by atoms with Crippen molar-refractivity contribution >= 4 is 40.7 Å². The molecule has 2 rings (SSSR count). The van der Waals surface area contributed by atoms with E-state index in [9.17, 15) is 19.7 Å². The second-order valence-corrected chi connectivity index (χ2v) is 7.99. The van der Waals surface area contributed by atoms with Gasteiger partial charge in [0.05, 0.1) is 21.4 Å². The summed E-state index contributed by atoms with van der Waals surface area (Å²) < 4.78 is 0. The zero-order chi connectivity index (χ0) is 22.4. The van der Waals surface area contributed by atoms with Crippen LogP contribution in [-0.2, 0) is 22.6 Å². The van der Waals surface area contributed by atoms with E-state index in [4.69, 9.17) is 23.2 Å². The van der Waals surface area contributed by atoms with Crippen molar-refractivity contribution < 1.29 is 14.5 Å². The molecule has 160 valence electrons. The zero-order valence-corrected chi connectivity index (χ0v) is 18.4. The summed E-state index contributed by atoms with van der Waals surface area (Å²) in [5.74, 6) is -0.734. The highest BCUT2D eigenvalue weighted by Gasteiger charge is 2.28. The van der Waals surface area contributed by atoms with Crippen LogP contribution in [-0.4, -0.2) is 33.7 Å². The van der Waals surface area contributed by atoms with Gasteiger partial charge in [0.15, 0.2) is 0 Å². The summed E-state index contributed by atoms with van der Waals surface area (Å²) in [4.78, 5) is 37.9. The van der Waals surface area contributed by atoms with Crippen molar-refractivity contribution in [3.05, 3.63) is 73.8 Å². The predicted molar refractivity (Wildman–Crippen MR) is 117 cm³/mol. The molecule has 9 heteroatoms. The van der Waals surface area contributed by atoms with Crippen LogP contribution in [0.3, 0.4) is 0 Å². The molecule has 0 heterocycles. The molecule has 0 fully saturated rings. The highest BCUT2D eigenvalue weighted by Crippen LogP contribution is 2.25. The van der Waals surface area contributed by atoms with Crippen molar-refractivity contribution in [2.75, 3.05) is 0 Å². The molecule has 30 heavy (non-hydrogen) atoms. The number of benzene rings is 2. The lowest BCUT2D eigenvalue weighted by Crippen LogP contribution is -2.49. The Labute approximate surface area is 185 Å². The molecule has 0 unspecified atom stereocenters. The van der Waals surface area contributed by atoms with Crippen LogP contribution in [0.2, 0.25) is 10.0 Å². The average molecular weight is 452 g/mol. The molecule has 0 aliphatic carbocycles. The summed E-state index contributed by atoms with van der Waals surface area (Å²) in [6.07, 6.45) is -0.211. The van der Waals surface area contributed by atoms with Crippen LogP contribution in [0.5, 0.6) is 0 Å². The Kier molecular flexibility index (Phi) is 8.20. The first-order valence-corrected chi connectivity index (χ1v) is 10.1. The third-order valence-corrected chi connectivity index (χ3v) is 5.20. The molecule has 0 aliphatic heterocycles. The molecule has 0 saturated heterocycles. The number of carbonyl (C=O) groups is 2. The Morgan fingerprint density at radius 3 is 2.37 bits per heavy atom. The molecule has 1 atom stereocenters. The standard InChI is InChI=1S/C21H23Cl2N3O4/c1-13(2)24-21(28)14(3)25(12-15-8-9-17(22)18(23)10-15)20(27)11-16-6-4-5-7-19(16)26(29)30/h4-10,13-14H,11-12H2,1-3H3,(H,24,28)/t14-/m1/s1. The van der Waals surface area contributed by atoms with Crippen molar-refractivity contribution in [2.24, 2.45) is 0 Å². The van der Waals surface area contributed by atoms with Gasteiger partial charge in [-0.25, -0.2) is 0 Å². The van der Waals surface area contributed by atoms with Crippen molar-refractivity contribution in [1.82, 2.24) is 10.2 Å². The van der Waals surface area contributed by atoms with Crippen LogP contribution >= 0.6 is 23.2 Å². The van der Waals surface area contributed by atoms with E-state index in [-0.39, 0.29) is 36.2 Å². The minimum atomic E-state index is -0.794. The number of halogens is 2. The van der Waals surface area contributed by atoms with Crippen LogP contribution in [0, 0.1) is 10.1 Å². The number of carbonyl (C=O) groups excluding carboxylic acids is 2. The van der Waals surface area contributed by atoms with Crippen molar-refractivity contribution in [3.63, 3.8) is 0 Å². The van der Waals surface area contributed by atoms with Gasteiger partial charge >= 0.3 is 0 Å². The first-order valence-electron chi connectivity index (χ1n) is 9.36. The maximum Gasteiger partial charge on any atom is 0.273 e. The summed E-state index contributed by atoms with van der Waals surface area (Å²) in [5, 5.41) is 14.8. The first-order chi connectivity index (χ1) is 14.1. The normalized spacial score (nSPS) is 11.8. The fourth-order valence-corrected chi connectivity index (χ4v) is 3.25.